The monoisotopic (exact) mass is 753 g/mol. The highest BCUT2D eigenvalue weighted by Gasteiger charge is 2.68. The molecule has 1 aliphatic heterocycles. The molecule has 4 aliphatic carbocycles. The van der Waals surface area contributed by atoms with E-state index in [1.165, 1.54) is 42.4 Å². The summed E-state index contributed by atoms with van der Waals surface area (Å²) in [6.45, 7) is 9.88. The fourth-order valence-electron chi connectivity index (χ4n) is 11.6. The molecule has 1 aromatic carbocycles. The molecule has 9 unspecified atom stereocenters. The molecule has 6 N–H and O–H groups in total. The van der Waals surface area contributed by atoms with Gasteiger partial charge in [-0.3, -0.25) is 4.79 Å². The molecule has 300 valence electrons. The second-order valence-electron chi connectivity index (χ2n) is 17.7. The average molecular weight is 753 g/mol. The minimum atomic E-state index is -1.21. The van der Waals surface area contributed by atoms with Gasteiger partial charge in [0.2, 0.25) is 0 Å². The number of rotatable bonds is 12. The predicted octanol–water partition coefficient (Wildman–Crippen LogP) is 6.74. The lowest BCUT2D eigenvalue weighted by Crippen LogP contribution is -2.65. The first-order valence-corrected chi connectivity index (χ1v) is 21.2. The molecule has 1 heterocycles. The summed E-state index contributed by atoms with van der Waals surface area (Å²) >= 11 is 0. The maximum absolute atomic E-state index is 12.8. The molecular formula is C48H68N2O5. The van der Waals surface area contributed by atoms with E-state index in [1.807, 2.05) is 26.1 Å². The maximum Gasteiger partial charge on any atom is 0.145 e. The number of carbonyl (C=O) groups is 1. The largest absolute Gasteiger partial charge is 0.396 e. The molecule has 5 aliphatic rings. The van der Waals surface area contributed by atoms with Crippen LogP contribution in [0.4, 0.5) is 0 Å². The number of carbonyl (C=O) groups excluding carboxylic acids is 1. The first-order chi connectivity index (χ1) is 26.6. The third-order valence-corrected chi connectivity index (χ3v) is 14.5. The van der Waals surface area contributed by atoms with Crippen molar-refractivity contribution in [1.82, 2.24) is 10.6 Å². The van der Waals surface area contributed by atoms with Gasteiger partial charge in [-0.1, -0.05) is 96.9 Å². The quantitative estimate of drug-likeness (QED) is 0.0606. The Morgan fingerprint density at radius 3 is 2.58 bits per heavy atom. The molecule has 6 rings (SSSR count). The van der Waals surface area contributed by atoms with E-state index in [0.717, 1.165) is 54.7 Å². The summed E-state index contributed by atoms with van der Waals surface area (Å²) in [4.78, 5) is 12.3. The molecule has 9 atom stereocenters. The van der Waals surface area contributed by atoms with Crippen LogP contribution in [-0.4, -0.2) is 77.8 Å². The Labute approximate surface area is 330 Å². The molecule has 55 heavy (non-hydrogen) atoms. The fraction of sp³-hybridized carbons (Fsp3) is 0.604. The third-order valence-electron chi connectivity index (χ3n) is 14.5. The minimum absolute atomic E-state index is 0.0236. The molecule has 3 fully saturated rings. The van der Waals surface area contributed by atoms with Crippen molar-refractivity contribution in [2.24, 2.45) is 40.9 Å². The molecular weight excluding hydrogens is 685 g/mol. The first kappa shape index (κ1) is 41.7. The smallest absolute Gasteiger partial charge is 0.145 e. The van der Waals surface area contributed by atoms with Crippen LogP contribution < -0.4 is 10.6 Å². The Bertz CT molecular complexity index is 1670. The van der Waals surface area contributed by atoms with Gasteiger partial charge in [-0.05, 0) is 138 Å². The fourth-order valence-corrected chi connectivity index (χ4v) is 11.6. The highest BCUT2D eigenvalue weighted by Crippen LogP contribution is 2.67. The van der Waals surface area contributed by atoms with Gasteiger partial charge in [0.15, 0.2) is 0 Å². The number of benzene rings is 1. The van der Waals surface area contributed by atoms with Crippen molar-refractivity contribution in [2.75, 3.05) is 33.4 Å². The molecule has 1 aromatic rings. The number of nitrogens with one attached hydrogen (secondary N) is 2. The van der Waals surface area contributed by atoms with Gasteiger partial charge in [-0.25, -0.2) is 0 Å². The topological polar surface area (TPSA) is 122 Å². The minimum Gasteiger partial charge on any atom is -0.396 e. The lowest BCUT2D eigenvalue weighted by molar-refractivity contribution is -0.194. The summed E-state index contributed by atoms with van der Waals surface area (Å²) in [6.07, 6.45) is 23.3. The predicted molar refractivity (Wildman–Crippen MR) is 222 cm³/mol. The normalized spacial score (nSPS) is 35.4. The van der Waals surface area contributed by atoms with Gasteiger partial charge in [-0.2, -0.15) is 0 Å². The summed E-state index contributed by atoms with van der Waals surface area (Å²) in [7, 11) is 1.87. The maximum atomic E-state index is 12.8. The van der Waals surface area contributed by atoms with E-state index in [4.69, 9.17) is 0 Å². The van der Waals surface area contributed by atoms with Crippen LogP contribution in [0.1, 0.15) is 89.2 Å². The zero-order chi connectivity index (χ0) is 39.2. The highest BCUT2D eigenvalue weighted by molar-refractivity contribution is 5.74. The van der Waals surface area contributed by atoms with Crippen molar-refractivity contribution in [3.63, 3.8) is 0 Å². The highest BCUT2D eigenvalue weighted by atomic mass is 16.3. The lowest BCUT2D eigenvalue weighted by Gasteiger charge is -2.61. The molecule has 1 spiro atoms. The number of fused-ring (bicyclic) bond motifs is 5. The van der Waals surface area contributed by atoms with Gasteiger partial charge in [0.1, 0.15) is 6.29 Å². The number of aliphatic hydroxyl groups is 4. The van der Waals surface area contributed by atoms with Crippen LogP contribution in [0.15, 0.2) is 95.2 Å². The summed E-state index contributed by atoms with van der Waals surface area (Å²) in [6, 6.07) is 9.62. The number of hydrogen-bond donors (Lipinski definition) is 6. The van der Waals surface area contributed by atoms with Crippen molar-refractivity contribution < 1.29 is 25.2 Å². The van der Waals surface area contributed by atoms with Crippen molar-refractivity contribution in [1.29, 1.82) is 0 Å². The van der Waals surface area contributed by atoms with Crippen LogP contribution >= 0.6 is 0 Å². The molecule has 0 amide bonds. The van der Waals surface area contributed by atoms with E-state index in [2.05, 4.69) is 72.7 Å². The molecule has 4 bridgehead atoms. The van der Waals surface area contributed by atoms with Crippen LogP contribution in [0.3, 0.4) is 0 Å². The van der Waals surface area contributed by atoms with Crippen LogP contribution in [0.2, 0.25) is 0 Å². The molecule has 7 heteroatoms. The van der Waals surface area contributed by atoms with Crippen LogP contribution in [-0.2, 0) is 17.6 Å². The van der Waals surface area contributed by atoms with Gasteiger partial charge in [-0.15, -0.1) is 0 Å². The molecule has 3 saturated carbocycles. The number of aldehydes is 1. The van der Waals surface area contributed by atoms with E-state index in [9.17, 15) is 25.2 Å². The molecule has 0 aromatic heterocycles. The Kier molecular flexibility index (Phi) is 14.1. The van der Waals surface area contributed by atoms with E-state index in [-0.39, 0.29) is 42.8 Å². The van der Waals surface area contributed by atoms with Crippen molar-refractivity contribution >= 4 is 6.29 Å². The van der Waals surface area contributed by atoms with Gasteiger partial charge >= 0.3 is 0 Å². The second-order valence-corrected chi connectivity index (χ2v) is 17.7. The summed E-state index contributed by atoms with van der Waals surface area (Å²) in [5.41, 5.74) is 5.34. The van der Waals surface area contributed by atoms with E-state index in [1.54, 1.807) is 0 Å². The number of aliphatic hydroxyl groups excluding tert-OH is 3. The number of hydrogen-bond acceptors (Lipinski definition) is 7. The standard InChI is InChI=1S/C48H68N2O5/c1-32-15-16-39(26-35-10-8-11-36(25-35)27-43(50-29-32)37-12-5-6-13-37)33(2)9-7-14-41(31-53)42-19-21-48(46(42)54)45-38(20-24-51)17-18-40(44(45)34(3)30-52)28-47(48,55)22-23-49-4/h7-11,14-15,17-18,25,30,37-40,42-43,45-46,49-51,53-55H,2,5-6,12-13,16,19-24,26-29,31H2,1,3-4H3. The van der Waals surface area contributed by atoms with Gasteiger partial charge in [0.05, 0.1) is 18.3 Å². The van der Waals surface area contributed by atoms with Gasteiger partial charge in [0, 0.05) is 36.4 Å². The first-order valence-electron chi connectivity index (χ1n) is 21.2. The van der Waals surface area contributed by atoms with E-state index >= 15 is 0 Å². The van der Waals surface area contributed by atoms with Gasteiger partial charge < -0.3 is 31.1 Å². The van der Waals surface area contributed by atoms with Crippen LogP contribution in [0.5, 0.6) is 0 Å². The van der Waals surface area contributed by atoms with Crippen molar-refractivity contribution in [2.45, 2.75) is 109 Å². The molecule has 7 nitrogen and oxygen atoms in total. The van der Waals surface area contributed by atoms with Crippen molar-refractivity contribution in [3.05, 3.63) is 106 Å². The van der Waals surface area contributed by atoms with Crippen LogP contribution in [0, 0.1) is 40.9 Å². The number of allylic oxidation sites excluding steroid dienone is 9. The Hall–Kier alpha value is -2.91. The van der Waals surface area contributed by atoms with Crippen molar-refractivity contribution in [3.8, 4) is 0 Å². The Morgan fingerprint density at radius 1 is 1.11 bits per heavy atom. The Morgan fingerprint density at radius 2 is 1.87 bits per heavy atom. The summed E-state index contributed by atoms with van der Waals surface area (Å²) in [5.74, 6) is 0.0642. The third kappa shape index (κ3) is 8.68. The molecule has 0 radical (unpaired) electrons. The molecule has 0 saturated heterocycles. The SMILES string of the molecule is C=C(C=CC=C(CO)C1CCC2(C1O)C1C(=C(C)C=O)C(C=CC1CCO)CC2(O)CCNC)C1CC=C(C)CNC(C2CCCC2)Cc2cccc(c2)C1. The van der Waals surface area contributed by atoms with E-state index < -0.39 is 17.1 Å². The lowest BCUT2D eigenvalue weighted by atomic mass is 9.45. The summed E-state index contributed by atoms with van der Waals surface area (Å²) in [5, 5.41) is 53.5. The average Bonchev–Trinajstić information content (AvgIpc) is 3.84. The van der Waals surface area contributed by atoms with Gasteiger partial charge in [0.25, 0.3) is 0 Å². The second kappa shape index (κ2) is 18.6. The van der Waals surface area contributed by atoms with E-state index in [0.29, 0.717) is 50.3 Å². The summed E-state index contributed by atoms with van der Waals surface area (Å²) < 4.78 is 0. The Balaban J connectivity index is 1.25. The zero-order valence-electron chi connectivity index (χ0n) is 33.7. The van der Waals surface area contributed by atoms with Crippen LogP contribution in [0.25, 0.3) is 0 Å². The zero-order valence-corrected chi connectivity index (χ0v) is 33.7.